The van der Waals surface area contributed by atoms with Crippen LogP contribution in [0.15, 0.2) is 0 Å². The minimum Gasteiger partial charge on any atom is -0.759 e. The molecule has 2 radical (unpaired) electrons. The van der Waals surface area contributed by atoms with E-state index < -0.39 is 31.2 Å². The summed E-state index contributed by atoms with van der Waals surface area (Å²) in [7, 11) is -15.5. The SMILES string of the molecule is O.O.O.O.O.O.O.O.O=S(=O)([O-])[O-].O=S(=O)([O-])[O-].O=S(=O)([O-])[O-].[Nd+3].[Nd+3]. The molecule has 0 aromatic carbocycles. The van der Waals surface area contributed by atoms with Crippen LogP contribution in [0.2, 0.25) is 0 Å². The maximum atomic E-state index is 8.52. The van der Waals surface area contributed by atoms with Gasteiger partial charge >= 0.3 is 81.7 Å². The molecule has 0 fully saturated rings. The van der Waals surface area contributed by atoms with Gasteiger partial charge in [-0.25, -0.2) is 0 Å². The van der Waals surface area contributed by atoms with Crippen LogP contribution in [0.3, 0.4) is 0 Å². The van der Waals surface area contributed by atoms with Crippen LogP contribution in [0, 0.1) is 81.7 Å². The van der Waals surface area contributed by atoms with Gasteiger partial charge in [0.05, 0.1) is 0 Å². The zero-order valence-electron chi connectivity index (χ0n) is 11.1. The van der Waals surface area contributed by atoms with E-state index in [0.717, 1.165) is 0 Å². The molecule has 0 bridgehead atoms. The minimum atomic E-state index is -5.17. The van der Waals surface area contributed by atoms with E-state index in [1.807, 2.05) is 0 Å². The normalized spacial score (nSPS) is 6.96. The fourth-order valence-electron chi connectivity index (χ4n) is 0. The summed E-state index contributed by atoms with van der Waals surface area (Å²) in [6.45, 7) is 0. The Morgan fingerprint density at radius 2 is 0.320 bits per heavy atom. The Morgan fingerprint density at radius 1 is 0.320 bits per heavy atom. The van der Waals surface area contributed by atoms with E-state index in [1.165, 1.54) is 0 Å². The van der Waals surface area contributed by atoms with Crippen molar-refractivity contribution in [1.82, 2.24) is 0 Å². The van der Waals surface area contributed by atoms with Crippen LogP contribution >= 0.6 is 0 Å². The molecule has 0 aromatic rings. The Bertz CT molecular complexity index is 344. The van der Waals surface area contributed by atoms with E-state index in [0.29, 0.717) is 0 Å². The van der Waals surface area contributed by atoms with Crippen LogP contribution in [-0.2, 0) is 31.2 Å². The fraction of sp³-hybridized carbons (Fsp3) is 0. The summed E-state index contributed by atoms with van der Waals surface area (Å²) >= 11 is 0. The van der Waals surface area contributed by atoms with E-state index in [2.05, 4.69) is 0 Å². The minimum absolute atomic E-state index is 0. The van der Waals surface area contributed by atoms with Crippen LogP contribution in [0.5, 0.6) is 0 Å². The fourth-order valence-corrected chi connectivity index (χ4v) is 0. The van der Waals surface area contributed by atoms with Crippen molar-refractivity contribution in [3.05, 3.63) is 0 Å². The Kier molecular flexibility index (Phi) is 151. The molecular weight excluding hydrogens is 705 g/mol. The first-order valence-electron chi connectivity index (χ1n) is 2.00. The largest absolute Gasteiger partial charge is 3.00 e. The van der Waals surface area contributed by atoms with Gasteiger partial charge in [0.25, 0.3) is 0 Å². The summed E-state index contributed by atoms with van der Waals surface area (Å²) in [6.07, 6.45) is 0. The predicted octanol–water partition coefficient (Wildman–Crippen LogP) is -10.6. The molecule has 0 aromatic heterocycles. The second-order valence-corrected chi connectivity index (χ2v) is 3.67. The van der Waals surface area contributed by atoms with E-state index in [-0.39, 0.29) is 125 Å². The zero-order valence-corrected chi connectivity index (χ0v) is 20.0. The third kappa shape index (κ3) is 3770. The molecule has 0 atom stereocenters. The third-order valence-corrected chi connectivity index (χ3v) is 0. The van der Waals surface area contributed by atoms with Gasteiger partial charge in [0, 0.05) is 31.2 Å². The third-order valence-electron chi connectivity index (χ3n) is 0. The van der Waals surface area contributed by atoms with E-state index in [1.54, 1.807) is 0 Å². The number of hydrogen-bond acceptors (Lipinski definition) is 12. The standard InChI is InChI=1S/2Nd.3H2O4S.8H2O/c;;3*1-5(2,3)4;;;;;;;;/h;;3*(H2,1,2,3,4);8*1H2/q2*+3;;;;;;;;;;;/p-6. The predicted molar refractivity (Wildman–Crippen MR) is 60.3 cm³/mol. The maximum Gasteiger partial charge on any atom is 3.00 e. The Hall–Kier alpha value is 1.99. The molecule has 0 spiro atoms. The molecule has 0 aliphatic carbocycles. The molecule has 0 saturated heterocycles. The quantitative estimate of drug-likeness (QED) is 0.166. The Labute approximate surface area is 206 Å². The molecule has 0 rings (SSSR count). The van der Waals surface area contributed by atoms with Gasteiger partial charge in [-0.1, -0.05) is 0 Å². The van der Waals surface area contributed by atoms with E-state index in [9.17, 15) is 0 Å². The molecule has 0 amide bonds. The van der Waals surface area contributed by atoms with Gasteiger partial charge in [0.15, 0.2) is 0 Å². The molecule has 20 nitrogen and oxygen atoms in total. The second-order valence-electron chi connectivity index (χ2n) is 1.22. The van der Waals surface area contributed by atoms with Gasteiger partial charge < -0.3 is 71.1 Å². The second kappa shape index (κ2) is 40.6. The average Bonchev–Trinajstić information content (AvgIpc) is 1.41. The first-order chi connectivity index (χ1) is 6.00. The van der Waals surface area contributed by atoms with Crippen molar-refractivity contribution < 1.29 is 178 Å². The Morgan fingerprint density at radius 3 is 0.320 bits per heavy atom. The molecule has 0 saturated carbocycles. The van der Waals surface area contributed by atoms with Crippen molar-refractivity contribution in [3.63, 3.8) is 0 Å². The molecule has 0 aliphatic heterocycles. The Balaban J connectivity index is -0.00000000655. The summed E-state index contributed by atoms with van der Waals surface area (Å²) in [5.41, 5.74) is 0. The molecule has 0 aliphatic rings. The molecule has 0 heterocycles. The maximum absolute atomic E-state index is 8.52. The van der Waals surface area contributed by atoms with Crippen LogP contribution < -0.4 is 0 Å². The summed E-state index contributed by atoms with van der Waals surface area (Å²) in [5, 5.41) is 0. The summed E-state index contributed by atoms with van der Waals surface area (Å²) in [4.78, 5) is 0. The van der Waals surface area contributed by atoms with Gasteiger partial charge in [-0.2, -0.15) is 0 Å². The molecule has 16 N–H and O–H groups in total. The van der Waals surface area contributed by atoms with Gasteiger partial charge in [0.2, 0.25) is 0 Å². The monoisotopic (exact) mass is 716 g/mol. The molecule has 162 valence electrons. The average molecular weight is 721 g/mol. The molecular formula is H16Nd2O20S3. The topological polar surface area (TPSA) is 493 Å². The van der Waals surface area contributed by atoms with Crippen LogP contribution in [0.4, 0.5) is 0 Å². The molecule has 25 heteroatoms. The van der Waals surface area contributed by atoms with Crippen molar-refractivity contribution in [2.24, 2.45) is 0 Å². The smallest absolute Gasteiger partial charge is 0.759 e. The first-order valence-corrected chi connectivity index (χ1v) is 6.00. The van der Waals surface area contributed by atoms with Crippen LogP contribution in [-0.4, -0.2) is 96.4 Å². The zero-order chi connectivity index (χ0) is 13.5. The first kappa shape index (κ1) is 93.1. The van der Waals surface area contributed by atoms with E-state index in [4.69, 9.17) is 52.6 Å². The number of hydrogen-bond donors (Lipinski definition) is 0. The summed E-state index contributed by atoms with van der Waals surface area (Å²) in [6, 6.07) is 0. The van der Waals surface area contributed by atoms with Crippen molar-refractivity contribution in [2.75, 3.05) is 0 Å². The van der Waals surface area contributed by atoms with E-state index >= 15 is 0 Å². The van der Waals surface area contributed by atoms with Crippen LogP contribution in [0.25, 0.3) is 0 Å². The summed E-state index contributed by atoms with van der Waals surface area (Å²) in [5.74, 6) is 0. The summed E-state index contributed by atoms with van der Waals surface area (Å²) < 4.78 is 102. The van der Waals surface area contributed by atoms with Crippen molar-refractivity contribution >= 4 is 31.2 Å². The van der Waals surface area contributed by atoms with Crippen molar-refractivity contribution in [3.8, 4) is 0 Å². The van der Waals surface area contributed by atoms with Gasteiger partial charge in [0.1, 0.15) is 0 Å². The van der Waals surface area contributed by atoms with Gasteiger partial charge in [-0.05, 0) is 0 Å². The molecule has 0 unspecified atom stereocenters. The van der Waals surface area contributed by atoms with Crippen molar-refractivity contribution in [1.29, 1.82) is 0 Å². The van der Waals surface area contributed by atoms with Crippen LogP contribution in [0.1, 0.15) is 0 Å². The molecule has 25 heavy (non-hydrogen) atoms. The van der Waals surface area contributed by atoms with Crippen molar-refractivity contribution in [2.45, 2.75) is 0 Å². The van der Waals surface area contributed by atoms with Gasteiger partial charge in [-0.3, -0.25) is 25.3 Å². The number of rotatable bonds is 0. The van der Waals surface area contributed by atoms with Gasteiger partial charge in [-0.15, -0.1) is 0 Å².